The van der Waals surface area contributed by atoms with Crippen LogP contribution < -0.4 is 28.7 Å². The Hall–Kier alpha value is -4.66. The van der Waals surface area contributed by atoms with E-state index in [1.165, 1.54) is 19.1 Å². The standard InChI is InChI=1S/C29H28N2O7/c1-30(2)18-10-8-17(9-11-18)26-25(27(32)24-21(35-3)6-5-7-22(24)36-4)28(33)29(34)31(26)19-12-13-20-23(16-19)38-15-14-37-20/h5-13,16,26,32H,14-15H2,1-4H3/b27-25+. The molecule has 0 spiro atoms. The molecule has 38 heavy (non-hydrogen) atoms. The van der Waals surface area contributed by atoms with Crippen LogP contribution in [0.25, 0.3) is 5.76 Å². The van der Waals surface area contributed by atoms with Gasteiger partial charge in [-0.05, 0) is 42.0 Å². The second-order valence-electron chi connectivity index (χ2n) is 9.02. The van der Waals surface area contributed by atoms with E-state index in [0.29, 0.717) is 47.5 Å². The first-order valence-corrected chi connectivity index (χ1v) is 12.0. The molecule has 0 radical (unpaired) electrons. The largest absolute Gasteiger partial charge is 0.506 e. The Bertz CT molecular complexity index is 1410. The Morgan fingerprint density at radius 1 is 0.921 bits per heavy atom. The molecule has 2 heterocycles. The van der Waals surface area contributed by atoms with Crippen LogP contribution in [0.15, 0.2) is 66.2 Å². The Balaban J connectivity index is 1.74. The van der Waals surface area contributed by atoms with Crippen molar-refractivity contribution in [1.29, 1.82) is 0 Å². The van der Waals surface area contributed by atoms with Gasteiger partial charge in [-0.2, -0.15) is 0 Å². The molecule has 2 aliphatic rings. The van der Waals surface area contributed by atoms with E-state index in [4.69, 9.17) is 18.9 Å². The fraction of sp³-hybridized carbons (Fsp3) is 0.241. The number of carbonyl (C=O) groups is 2. The maximum absolute atomic E-state index is 13.6. The van der Waals surface area contributed by atoms with Gasteiger partial charge in [0.1, 0.15) is 36.0 Å². The highest BCUT2D eigenvalue weighted by atomic mass is 16.6. The van der Waals surface area contributed by atoms with Gasteiger partial charge in [0.2, 0.25) is 0 Å². The number of aliphatic hydroxyl groups excluding tert-OH is 1. The number of hydrogen-bond acceptors (Lipinski definition) is 8. The minimum atomic E-state index is -0.927. The van der Waals surface area contributed by atoms with Crippen molar-refractivity contribution < 1.29 is 33.6 Å². The number of nitrogens with zero attached hydrogens (tertiary/aromatic N) is 2. The lowest BCUT2D eigenvalue weighted by Gasteiger charge is -2.27. The molecular formula is C29H28N2O7. The SMILES string of the molecule is COc1cccc(OC)c1/C(O)=C1\C(=O)C(=O)N(c2ccc3c(c2)OCCO3)C1c1ccc(N(C)C)cc1. The predicted octanol–water partition coefficient (Wildman–Crippen LogP) is 4.17. The normalized spacial score (nSPS) is 17.9. The first-order chi connectivity index (χ1) is 18.3. The van der Waals surface area contributed by atoms with E-state index in [-0.39, 0.29) is 16.9 Å². The summed E-state index contributed by atoms with van der Waals surface area (Å²) < 4.78 is 22.3. The highest BCUT2D eigenvalue weighted by molar-refractivity contribution is 6.51. The third-order valence-corrected chi connectivity index (χ3v) is 6.64. The fourth-order valence-corrected chi connectivity index (χ4v) is 4.77. The lowest BCUT2D eigenvalue weighted by atomic mass is 9.94. The van der Waals surface area contributed by atoms with Crippen molar-refractivity contribution in [2.45, 2.75) is 6.04 Å². The number of amides is 1. The van der Waals surface area contributed by atoms with Crippen LogP contribution in [0, 0.1) is 0 Å². The summed E-state index contributed by atoms with van der Waals surface area (Å²) in [6.07, 6.45) is 0. The summed E-state index contributed by atoms with van der Waals surface area (Å²) in [6, 6.07) is 16.6. The Morgan fingerprint density at radius 3 is 2.16 bits per heavy atom. The summed E-state index contributed by atoms with van der Waals surface area (Å²) in [5.74, 6) is -0.362. The molecule has 1 saturated heterocycles. The molecule has 1 N–H and O–H groups in total. The van der Waals surface area contributed by atoms with Gasteiger partial charge in [0.05, 0.1) is 25.8 Å². The molecule has 1 atom stereocenters. The van der Waals surface area contributed by atoms with Gasteiger partial charge in [0, 0.05) is 31.5 Å². The number of rotatable bonds is 6. The summed E-state index contributed by atoms with van der Waals surface area (Å²) in [6.45, 7) is 0.800. The van der Waals surface area contributed by atoms with Gasteiger partial charge in [-0.25, -0.2) is 0 Å². The highest BCUT2D eigenvalue weighted by Crippen LogP contribution is 2.46. The van der Waals surface area contributed by atoms with E-state index in [1.54, 1.807) is 36.4 Å². The van der Waals surface area contributed by atoms with E-state index in [9.17, 15) is 14.7 Å². The topological polar surface area (TPSA) is 97.8 Å². The van der Waals surface area contributed by atoms with Crippen LogP contribution in [0.4, 0.5) is 11.4 Å². The van der Waals surface area contributed by atoms with Crippen LogP contribution in [0.1, 0.15) is 17.2 Å². The molecule has 0 aliphatic carbocycles. The van der Waals surface area contributed by atoms with Crippen LogP contribution in [-0.2, 0) is 9.59 Å². The minimum Gasteiger partial charge on any atom is -0.506 e. The van der Waals surface area contributed by atoms with Crippen molar-refractivity contribution in [2.24, 2.45) is 0 Å². The third kappa shape index (κ3) is 4.15. The van der Waals surface area contributed by atoms with Crippen molar-refractivity contribution >= 4 is 28.8 Å². The maximum Gasteiger partial charge on any atom is 0.300 e. The van der Waals surface area contributed by atoms with Gasteiger partial charge in [-0.15, -0.1) is 0 Å². The Labute approximate surface area is 220 Å². The second kappa shape index (κ2) is 10.0. The first kappa shape index (κ1) is 25.0. The fourth-order valence-electron chi connectivity index (χ4n) is 4.77. The summed E-state index contributed by atoms with van der Waals surface area (Å²) in [5.41, 5.74) is 2.12. The zero-order valence-corrected chi connectivity index (χ0v) is 21.6. The summed E-state index contributed by atoms with van der Waals surface area (Å²) in [7, 11) is 6.75. The number of fused-ring (bicyclic) bond motifs is 1. The molecule has 1 amide bonds. The molecule has 9 nitrogen and oxygen atoms in total. The van der Waals surface area contributed by atoms with Gasteiger partial charge >= 0.3 is 0 Å². The van der Waals surface area contributed by atoms with E-state index >= 15 is 0 Å². The number of hydrogen-bond donors (Lipinski definition) is 1. The zero-order chi connectivity index (χ0) is 27.0. The van der Waals surface area contributed by atoms with Crippen molar-refractivity contribution in [2.75, 3.05) is 51.3 Å². The Kier molecular flexibility index (Phi) is 6.59. The van der Waals surface area contributed by atoms with Gasteiger partial charge in [-0.3, -0.25) is 14.5 Å². The molecule has 2 aliphatic heterocycles. The van der Waals surface area contributed by atoms with Crippen LogP contribution in [0.5, 0.6) is 23.0 Å². The molecule has 0 aromatic heterocycles. The molecule has 0 bridgehead atoms. The number of anilines is 2. The molecule has 1 unspecified atom stereocenters. The van der Waals surface area contributed by atoms with Gasteiger partial charge < -0.3 is 29.0 Å². The molecule has 0 saturated carbocycles. The molecule has 5 rings (SSSR count). The summed E-state index contributed by atoms with van der Waals surface area (Å²) in [4.78, 5) is 30.5. The monoisotopic (exact) mass is 516 g/mol. The van der Waals surface area contributed by atoms with Crippen molar-refractivity contribution in [1.82, 2.24) is 0 Å². The van der Waals surface area contributed by atoms with Gasteiger partial charge in [-0.1, -0.05) is 18.2 Å². The van der Waals surface area contributed by atoms with Gasteiger partial charge in [0.15, 0.2) is 11.5 Å². The van der Waals surface area contributed by atoms with Gasteiger partial charge in [0.25, 0.3) is 11.7 Å². The molecule has 1 fully saturated rings. The lowest BCUT2D eigenvalue weighted by Crippen LogP contribution is -2.29. The summed E-state index contributed by atoms with van der Waals surface area (Å²) >= 11 is 0. The molecule has 3 aromatic rings. The highest BCUT2D eigenvalue weighted by Gasteiger charge is 2.47. The number of ether oxygens (including phenoxy) is 4. The third-order valence-electron chi connectivity index (χ3n) is 6.64. The number of methoxy groups -OCH3 is 2. The number of carbonyl (C=O) groups excluding carboxylic acids is 2. The predicted molar refractivity (Wildman–Crippen MR) is 143 cm³/mol. The van der Waals surface area contributed by atoms with Crippen LogP contribution in [-0.4, -0.2) is 58.3 Å². The van der Waals surface area contributed by atoms with Crippen molar-refractivity contribution in [3.05, 3.63) is 77.4 Å². The molecule has 196 valence electrons. The molecule has 3 aromatic carbocycles. The summed E-state index contributed by atoms with van der Waals surface area (Å²) in [5, 5.41) is 11.6. The quantitative estimate of drug-likeness (QED) is 0.296. The van der Waals surface area contributed by atoms with E-state index in [1.807, 2.05) is 43.3 Å². The van der Waals surface area contributed by atoms with E-state index in [2.05, 4.69) is 0 Å². The zero-order valence-electron chi connectivity index (χ0n) is 21.6. The smallest absolute Gasteiger partial charge is 0.300 e. The van der Waals surface area contributed by atoms with Crippen molar-refractivity contribution in [3.8, 4) is 23.0 Å². The Morgan fingerprint density at radius 2 is 1.55 bits per heavy atom. The van der Waals surface area contributed by atoms with Crippen LogP contribution >= 0.6 is 0 Å². The molecule has 9 heteroatoms. The van der Waals surface area contributed by atoms with E-state index < -0.39 is 17.7 Å². The van der Waals surface area contributed by atoms with Crippen LogP contribution in [0.2, 0.25) is 0 Å². The molecular weight excluding hydrogens is 488 g/mol. The van der Waals surface area contributed by atoms with E-state index in [0.717, 1.165) is 5.69 Å². The maximum atomic E-state index is 13.6. The number of Topliss-reactive ketones (excluding diaryl/α,β-unsaturated/α-hetero) is 1. The first-order valence-electron chi connectivity index (χ1n) is 12.0. The average molecular weight is 517 g/mol. The number of benzene rings is 3. The number of aliphatic hydroxyl groups is 1. The number of ketones is 1. The minimum absolute atomic E-state index is 0.0784. The van der Waals surface area contributed by atoms with Crippen molar-refractivity contribution in [3.63, 3.8) is 0 Å². The second-order valence-corrected chi connectivity index (χ2v) is 9.02. The lowest BCUT2D eigenvalue weighted by molar-refractivity contribution is -0.132. The average Bonchev–Trinajstić information content (AvgIpc) is 3.21. The van der Waals surface area contributed by atoms with Crippen LogP contribution in [0.3, 0.4) is 0 Å².